The Morgan fingerprint density at radius 3 is 2.81 bits per heavy atom. The van der Waals surface area contributed by atoms with Crippen molar-refractivity contribution in [2.45, 2.75) is 33.5 Å². The molecular formula is C25H23FN8O2. The van der Waals surface area contributed by atoms with E-state index in [0.717, 1.165) is 22.5 Å². The second kappa shape index (κ2) is 8.09. The number of pyridine rings is 1. The van der Waals surface area contributed by atoms with Crippen molar-refractivity contribution in [1.82, 2.24) is 39.6 Å². The van der Waals surface area contributed by atoms with Gasteiger partial charge in [-0.2, -0.15) is 10.2 Å². The first-order valence-corrected chi connectivity index (χ1v) is 11.5. The van der Waals surface area contributed by atoms with Crippen LogP contribution in [0.15, 0.2) is 41.5 Å². The highest BCUT2D eigenvalue weighted by Crippen LogP contribution is 2.27. The summed E-state index contributed by atoms with van der Waals surface area (Å²) in [6.45, 7) is 5.09. The van der Waals surface area contributed by atoms with Crippen LogP contribution in [0.5, 0.6) is 0 Å². The molecule has 0 saturated carbocycles. The Kier molecular flexibility index (Phi) is 4.97. The first-order valence-electron chi connectivity index (χ1n) is 11.5. The van der Waals surface area contributed by atoms with Crippen LogP contribution in [0.25, 0.3) is 22.2 Å². The summed E-state index contributed by atoms with van der Waals surface area (Å²) in [5.41, 5.74) is 5.43. The summed E-state index contributed by atoms with van der Waals surface area (Å²) in [6.07, 6.45) is 3.49. The molecule has 6 rings (SSSR count). The molecule has 0 atom stereocenters. The van der Waals surface area contributed by atoms with Crippen LogP contribution >= 0.6 is 0 Å². The third-order valence-corrected chi connectivity index (χ3v) is 6.57. The number of rotatable bonds is 4. The molecule has 11 heteroatoms. The molecule has 0 bridgehead atoms. The Morgan fingerprint density at radius 1 is 1.19 bits per heavy atom. The van der Waals surface area contributed by atoms with Gasteiger partial charge in [-0.3, -0.25) is 14.5 Å². The fourth-order valence-electron chi connectivity index (χ4n) is 4.80. The number of amides is 1. The summed E-state index contributed by atoms with van der Waals surface area (Å²) < 4.78 is 18.6. The van der Waals surface area contributed by atoms with Crippen LogP contribution < -0.4 is 10.9 Å². The summed E-state index contributed by atoms with van der Waals surface area (Å²) in [6, 6.07) is 7.18. The minimum atomic E-state index is -0.463. The molecule has 5 aromatic rings. The van der Waals surface area contributed by atoms with E-state index in [1.54, 1.807) is 37.0 Å². The summed E-state index contributed by atoms with van der Waals surface area (Å²) in [4.78, 5) is 34.0. The molecule has 5 heterocycles. The summed E-state index contributed by atoms with van der Waals surface area (Å²) in [7, 11) is 1.57. The molecule has 0 saturated heterocycles. The van der Waals surface area contributed by atoms with E-state index in [2.05, 4.69) is 30.4 Å². The number of halogens is 1. The van der Waals surface area contributed by atoms with Gasteiger partial charge in [0.25, 0.3) is 11.5 Å². The number of fused-ring (bicyclic) bond motifs is 4. The molecule has 4 aromatic heterocycles. The van der Waals surface area contributed by atoms with Crippen molar-refractivity contribution in [3.8, 4) is 5.69 Å². The molecule has 182 valence electrons. The average molecular weight is 487 g/mol. The van der Waals surface area contributed by atoms with Crippen LogP contribution in [0.1, 0.15) is 38.6 Å². The van der Waals surface area contributed by atoms with E-state index in [4.69, 9.17) is 0 Å². The van der Waals surface area contributed by atoms with Gasteiger partial charge in [-0.25, -0.2) is 18.6 Å². The van der Waals surface area contributed by atoms with Gasteiger partial charge in [-0.1, -0.05) is 6.07 Å². The number of aryl methyl sites for hydroxylation is 2. The molecule has 2 N–H and O–H groups in total. The number of benzene rings is 1. The number of nitrogens with one attached hydrogen (secondary N) is 2. The molecule has 1 amide bonds. The summed E-state index contributed by atoms with van der Waals surface area (Å²) >= 11 is 0. The van der Waals surface area contributed by atoms with Crippen LogP contribution in [0, 0.1) is 19.7 Å². The van der Waals surface area contributed by atoms with Gasteiger partial charge in [0, 0.05) is 55.3 Å². The lowest BCUT2D eigenvalue weighted by molar-refractivity contribution is 0.0957. The summed E-state index contributed by atoms with van der Waals surface area (Å²) in [5.74, 6) is -0.742. The molecule has 1 aromatic carbocycles. The highest BCUT2D eigenvalue weighted by Gasteiger charge is 2.26. The van der Waals surface area contributed by atoms with Crippen LogP contribution in [0.3, 0.4) is 0 Å². The Labute approximate surface area is 204 Å². The maximum absolute atomic E-state index is 15.5. The van der Waals surface area contributed by atoms with Gasteiger partial charge in [0.05, 0.1) is 23.1 Å². The van der Waals surface area contributed by atoms with Gasteiger partial charge in [-0.15, -0.1) is 0 Å². The van der Waals surface area contributed by atoms with Crippen molar-refractivity contribution in [2.24, 2.45) is 0 Å². The third kappa shape index (κ3) is 3.39. The number of H-pyrrole nitrogens is 1. The number of aromatic nitrogens is 6. The minimum Gasteiger partial charge on any atom is -0.354 e. The molecular weight excluding hydrogens is 463 g/mol. The number of nitrogens with zero attached hydrogens (tertiary/aromatic N) is 6. The van der Waals surface area contributed by atoms with E-state index in [0.29, 0.717) is 47.6 Å². The molecule has 0 spiro atoms. The first kappa shape index (κ1) is 22.1. The molecule has 0 radical (unpaired) electrons. The Bertz CT molecular complexity index is 1730. The number of carbonyl (C=O) groups is 1. The predicted octanol–water partition coefficient (Wildman–Crippen LogP) is 2.39. The molecule has 0 aliphatic carbocycles. The lowest BCUT2D eigenvalue weighted by Gasteiger charge is -2.17. The van der Waals surface area contributed by atoms with E-state index in [1.807, 2.05) is 25.3 Å². The van der Waals surface area contributed by atoms with Crippen molar-refractivity contribution in [3.63, 3.8) is 0 Å². The van der Waals surface area contributed by atoms with Gasteiger partial charge in [-0.05, 0) is 32.0 Å². The van der Waals surface area contributed by atoms with Crippen molar-refractivity contribution >= 4 is 22.5 Å². The number of carbonyl (C=O) groups excluding carboxylic acids is 1. The Hall–Kier alpha value is -4.38. The van der Waals surface area contributed by atoms with Gasteiger partial charge >= 0.3 is 0 Å². The molecule has 1 aliphatic heterocycles. The number of hydrogen-bond donors (Lipinski definition) is 2. The standard InChI is InChI=1S/C25H23FN8O2/c1-13-8-28-34-19-7-5-15(20(26)21(19)30-25(36)23(13)34)9-32-10-16-11-33(31-17(16)12-32)18-6-4-14(2)29-22(18)24(35)27-3/h4-8,11H,9-10,12H2,1-3H3,(H,27,35)(H,30,36). The van der Waals surface area contributed by atoms with Crippen molar-refractivity contribution in [2.75, 3.05) is 7.05 Å². The molecule has 0 fully saturated rings. The average Bonchev–Trinajstić information content (AvgIpc) is 3.54. The predicted molar refractivity (Wildman–Crippen MR) is 130 cm³/mol. The fraction of sp³-hybridized carbons (Fsp3) is 0.240. The number of aromatic amines is 1. The first-order chi connectivity index (χ1) is 17.3. The van der Waals surface area contributed by atoms with Gasteiger partial charge < -0.3 is 10.3 Å². The van der Waals surface area contributed by atoms with Crippen molar-refractivity contribution < 1.29 is 9.18 Å². The third-order valence-electron chi connectivity index (χ3n) is 6.57. The maximum Gasteiger partial charge on any atom is 0.274 e. The van der Waals surface area contributed by atoms with E-state index >= 15 is 4.39 Å². The smallest absolute Gasteiger partial charge is 0.274 e. The molecule has 10 nitrogen and oxygen atoms in total. The maximum atomic E-state index is 15.5. The highest BCUT2D eigenvalue weighted by atomic mass is 19.1. The normalized spacial score (nSPS) is 13.6. The van der Waals surface area contributed by atoms with E-state index < -0.39 is 5.82 Å². The monoisotopic (exact) mass is 486 g/mol. The van der Waals surface area contributed by atoms with Crippen LogP contribution in [-0.4, -0.2) is 47.2 Å². The Morgan fingerprint density at radius 2 is 2.03 bits per heavy atom. The van der Waals surface area contributed by atoms with Crippen molar-refractivity contribution in [1.29, 1.82) is 0 Å². The van der Waals surface area contributed by atoms with Gasteiger partial charge in [0.1, 0.15) is 11.0 Å². The quantitative estimate of drug-likeness (QED) is 0.403. The molecule has 0 unspecified atom stereocenters. The fourth-order valence-corrected chi connectivity index (χ4v) is 4.80. The Balaban J connectivity index is 1.27. The number of hydrogen-bond acceptors (Lipinski definition) is 6. The topological polar surface area (TPSA) is 113 Å². The largest absolute Gasteiger partial charge is 0.354 e. The SMILES string of the molecule is CNC(=O)c1nc(C)ccc1-n1cc2c(n1)CN(Cc1ccc3c([nH]c(=O)c4c(C)cnn43)c1F)C2. The zero-order valence-electron chi connectivity index (χ0n) is 20.0. The second-order valence-electron chi connectivity index (χ2n) is 9.07. The van der Waals surface area contributed by atoms with E-state index in [1.165, 1.54) is 4.52 Å². The van der Waals surface area contributed by atoms with Crippen LogP contribution in [-0.2, 0) is 19.6 Å². The zero-order valence-corrected chi connectivity index (χ0v) is 20.0. The minimum absolute atomic E-state index is 0.142. The van der Waals surface area contributed by atoms with E-state index in [9.17, 15) is 9.59 Å². The lowest BCUT2D eigenvalue weighted by atomic mass is 10.1. The van der Waals surface area contributed by atoms with E-state index in [-0.39, 0.29) is 17.0 Å². The second-order valence-corrected chi connectivity index (χ2v) is 9.07. The van der Waals surface area contributed by atoms with Gasteiger partial charge in [0.2, 0.25) is 0 Å². The molecule has 36 heavy (non-hydrogen) atoms. The lowest BCUT2D eigenvalue weighted by Crippen LogP contribution is -2.22. The van der Waals surface area contributed by atoms with Gasteiger partial charge in [0.15, 0.2) is 11.5 Å². The summed E-state index contributed by atoms with van der Waals surface area (Å²) in [5, 5.41) is 11.5. The zero-order chi connectivity index (χ0) is 25.1. The molecule has 1 aliphatic rings. The van der Waals surface area contributed by atoms with Crippen LogP contribution in [0.4, 0.5) is 4.39 Å². The van der Waals surface area contributed by atoms with Crippen LogP contribution in [0.2, 0.25) is 0 Å². The van der Waals surface area contributed by atoms with Crippen molar-refractivity contribution in [3.05, 3.63) is 86.6 Å². The highest BCUT2D eigenvalue weighted by molar-refractivity contribution is 5.95.